The van der Waals surface area contributed by atoms with Crippen molar-refractivity contribution in [2.45, 2.75) is 32.6 Å². The van der Waals surface area contributed by atoms with E-state index in [0.29, 0.717) is 22.9 Å². The molecule has 1 amide bonds. The number of amides is 1. The SMILES string of the molecule is CCNS(=O)(=O)c1ccc(C)c(C(=O)Nc2ccc(Oc3ccc(C)c(C)c3)nc2)c1. The molecule has 0 radical (unpaired) electrons. The summed E-state index contributed by atoms with van der Waals surface area (Å²) in [6.45, 7) is 7.74. The van der Waals surface area contributed by atoms with Crippen molar-refractivity contribution in [2.24, 2.45) is 0 Å². The van der Waals surface area contributed by atoms with Crippen molar-refractivity contribution in [3.05, 3.63) is 77.0 Å². The third-order valence-corrected chi connectivity index (χ3v) is 6.34. The summed E-state index contributed by atoms with van der Waals surface area (Å²) < 4.78 is 32.7. The smallest absolute Gasteiger partial charge is 0.256 e. The first-order chi connectivity index (χ1) is 14.7. The summed E-state index contributed by atoms with van der Waals surface area (Å²) >= 11 is 0. The van der Waals surface area contributed by atoms with Crippen LogP contribution in [0, 0.1) is 20.8 Å². The number of hydrogen-bond acceptors (Lipinski definition) is 5. The lowest BCUT2D eigenvalue weighted by Crippen LogP contribution is -2.24. The molecule has 1 aromatic heterocycles. The summed E-state index contributed by atoms with van der Waals surface area (Å²) in [5.41, 5.74) is 3.70. The second-order valence-electron chi connectivity index (χ2n) is 7.17. The van der Waals surface area contributed by atoms with Crippen LogP contribution in [0.25, 0.3) is 0 Å². The maximum absolute atomic E-state index is 12.7. The first-order valence-corrected chi connectivity index (χ1v) is 11.3. The van der Waals surface area contributed by atoms with E-state index >= 15 is 0 Å². The predicted molar refractivity (Wildman–Crippen MR) is 120 cm³/mol. The van der Waals surface area contributed by atoms with E-state index < -0.39 is 15.9 Å². The van der Waals surface area contributed by atoms with Crippen LogP contribution in [0.5, 0.6) is 11.6 Å². The first kappa shape index (κ1) is 22.5. The average Bonchev–Trinajstić information content (AvgIpc) is 2.72. The Morgan fingerprint density at radius 1 is 0.968 bits per heavy atom. The largest absolute Gasteiger partial charge is 0.439 e. The highest BCUT2D eigenvalue weighted by Gasteiger charge is 2.17. The minimum absolute atomic E-state index is 0.0420. The van der Waals surface area contributed by atoms with Crippen LogP contribution in [-0.4, -0.2) is 25.9 Å². The quantitative estimate of drug-likeness (QED) is 0.570. The number of sulfonamides is 1. The van der Waals surface area contributed by atoms with Crippen molar-refractivity contribution < 1.29 is 17.9 Å². The number of anilines is 1. The molecule has 0 aliphatic carbocycles. The van der Waals surface area contributed by atoms with Gasteiger partial charge in [-0.1, -0.05) is 19.1 Å². The van der Waals surface area contributed by atoms with Gasteiger partial charge in [-0.2, -0.15) is 0 Å². The van der Waals surface area contributed by atoms with Crippen LogP contribution >= 0.6 is 0 Å². The zero-order valence-electron chi connectivity index (χ0n) is 17.9. The summed E-state index contributed by atoms with van der Waals surface area (Å²) in [7, 11) is -3.66. The Morgan fingerprint density at radius 2 is 1.71 bits per heavy atom. The van der Waals surface area contributed by atoms with Gasteiger partial charge in [-0.15, -0.1) is 0 Å². The highest BCUT2D eigenvalue weighted by atomic mass is 32.2. The normalized spacial score (nSPS) is 11.2. The van der Waals surface area contributed by atoms with Gasteiger partial charge in [-0.3, -0.25) is 4.79 Å². The van der Waals surface area contributed by atoms with Gasteiger partial charge in [-0.05, 0) is 67.8 Å². The molecule has 0 atom stereocenters. The average molecular weight is 440 g/mol. The maximum Gasteiger partial charge on any atom is 0.256 e. The molecule has 0 aliphatic rings. The van der Waals surface area contributed by atoms with E-state index in [1.54, 1.807) is 32.0 Å². The fourth-order valence-electron chi connectivity index (χ4n) is 2.90. The van der Waals surface area contributed by atoms with E-state index in [1.807, 2.05) is 32.0 Å². The Morgan fingerprint density at radius 3 is 2.35 bits per heavy atom. The Balaban J connectivity index is 1.74. The fraction of sp³-hybridized carbons (Fsp3) is 0.217. The lowest BCUT2D eigenvalue weighted by molar-refractivity contribution is 0.102. The van der Waals surface area contributed by atoms with Crippen molar-refractivity contribution in [2.75, 3.05) is 11.9 Å². The van der Waals surface area contributed by atoms with Gasteiger partial charge in [0, 0.05) is 18.2 Å². The van der Waals surface area contributed by atoms with E-state index in [2.05, 4.69) is 15.0 Å². The zero-order valence-corrected chi connectivity index (χ0v) is 18.7. The number of carbonyl (C=O) groups is 1. The summed E-state index contributed by atoms with van der Waals surface area (Å²) in [6, 6.07) is 13.6. The number of nitrogens with zero attached hydrogens (tertiary/aromatic N) is 1. The van der Waals surface area contributed by atoms with E-state index in [-0.39, 0.29) is 17.0 Å². The number of ether oxygens (including phenoxy) is 1. The summed E-state index contributed by atoms with van der Waals surface area (Å²) in [5, 5.41) is 2.75. The Bertz CT molecular complexity index is 1210. The van der Waals surface area contributed by atoms with E-state index in [1.165, 1.54) is 23.9 Å². The van der Waals surface area contributed by atoms with E-state index in [4.69, 9.17) is 4.74 Å². The van der Waals surface area contributed by atoms with Gasteiger partial charge in [0.05, 0.1) is 16.8 Å². The van der Waals surface area contributed by atoms with Gasteiger partial charge in [-0.25, -0.2) is 18.1 Å². The third kappa shape index (κ3) is 5.48. The Hall–Kier alpha value is -3.23. The van der Waals surface area contributed by atoms with Crippen LogP contribution < -0.4 is 14.8 Å². The molecule has 7 nitrogen and oxygen atoms in total. The van der Waals surface area contributed by atoms with Gasteiger partial charge in [0.2, 0.25) is 15.9 Å². The van der Waals surface area contributed by atoms with Gasteiger partial charge < -0.3 is 10.1 Å². The van der Waals surface area contributed by atoms with Crippen LogP contribution in [0.2, 0.25) is 0 Å². The van der Waals surface area contributed by atoms with Crippen molar-refractivity contribution in [1.82, 2.24) is 9.71 Å². The lowest BCUT2D eigenvalue weighted by atomic mass is 10.1. The number of aryl methyl sites for hydroxylation is 3. The zero-order chi connectivity index (χ0) is 22.6. The molecule has 0 saturated carbocycles. The molecule has 0 bridgehead atoms. The fourth-order valence-corrected chi connectivity index (χ4v) is 3.96. The Labute approximate surface area is 182 Å². The first-order valence-electron chi connectivity index (χ1n) is 9.82. The molecule has 3 rings (SSSR count). The highest BCUT2D eigenvalue weighted by Crippen LogP contribution is 2.23. The number of pyridine rings is 1. The standard InChI is InChI=1S/C23H25N3O4S/c1-5-25-31(28,29)20-10-7-16(3)21(13-20)23(27)26-18-8-11-22(24-14-18)30-19-9-6-15(2)17(4)12-19/h6-14,25H,5H2,1-4H3,(H,26,27). The number of aromatic nitrogens is 1. The van der Waals surface area contributed by atoms with Crippen LogP contribution in [0.3, 0.4) is 0 Å². The van der Waals surface area contributed by atoms with Crippen LogP contribution in [0.1, 0.15) is 34.0 Å². The van der Waals surface area contributed by atoms with Crippen LogP contribution in [0.15, 0.2) is 59.6 Å². The Kier molecular flexibility index (Phi) is 6.72. The van der Waals surface area contributed by atoms with Crippen molar-refractivity contribution >= 4 is 21.6 Å². The molecule has 0 spiro atoms. The minimum atomic E-state index is -3.66. The van der Waals surface area contributed by atoms with Gasteiger partial charge in [0.15, 0.2) is 0 Å². The lowest BCUT2D eigenvalue weighted by Gasteiger charge is -2.11. The summed E-state index contributed by atoms with van der Waals surface area (Å²) in [4.78, 5) is 17.0. The number of rotatable bonds is 7. The molecule has 0 fully saturated rings. The number of benzene rings is 2. The van der Waals surface area contributed by atoms with Crippen LogP contribution in [0.4, 0.5) is 5.69 Å². The van der Waals surface area contributed by atoms with Crippen molar-refractivity contribution in [3.8, 4) is 11.6 Å². The van der Waals surface area contributed by atoms with E-state index in [9.17, 15) is 13.2 Å². The molecule has 0 unspecified atom stereocenters. The molecule has 2 aromatic carbocycles. The van der Waals surface area contributed by atoms with Crippen molar-refractivity contribution in [3.63, 3.8) is 0 Å². The minimum Gasteiger partial charge on any atom is -0.439 e. The molecule has 0 saturated heterocycles. The monoisotopic (exact) mass is 439 g/mol. The topological polar surface area (TPSA) is 97.4 Å². The number of carbonyl (C=O) groups excluding carboxylic acids is 1. The summed E-state index contributed by atoms with van der Waals surface area (Å²) in [6.07, 6.45) is 1.49. The van der Waals surface area contributed by atoms with Crippen LogP contribution in [-0.2, 0) is 10.0 Å². The van der Waals surface area contributed by atoms with E-state index in [0.717, 1.165) is 5.56 Å². The second-order valence-corrected chi connectivity index (χ2v) is 8.93. The molecule has 162 valence electrons. The van der Waals surface area contributed by atoms with Crippen molar-refractivity contribution in [1.29, 1.82) is 0 Å². The second kappa shape index (κ2) is 9.28. The molecule has 1 heterocycles. The molecule has 0 aliphatic heterocycles. The van der Waals surface area contributed by atoms with Gasteiger partial charge >= 0.3 is 0 Å². The maximum atomic E-state index is 12.7. The highest BCUT2D eigenvalue weighted by molar-refractivity contribution is 7.89. The number of hydrogen-bond donors (Lipinski definition) is 2. The molecule has 8 heteroatoms. The van der Waals surface area contributed by atoms with Gasteiger partial charge in [0.1, 0.15) is 5.75 Å². The summed E-state index contributed by atoms with van der Waals surface area (Å²) in [5.74, 6) is 0.661. The molecular formula is C23H25N3O4S. The van der Waals surface area contributed by atoms with Gasteiger partial charge in [0.25, 0.3) is 5.91 Å². The molecule has 3 aromatic rings. The number of nitrogens with one attached hydrogen (secondary N) is 2. The third-order valence-electron chi connectivity index (χ3n) is 4.79. The molecular weight excluding hydrogens is 414 g/mol. The predicted octanol–water partition coefficient (Wildman–Crippen LogP) is 4.35. The molecule has 31 heavy (non-hydrogen) atoms. The molecule has 2 N–H and O–H groups in total.